The van der Waals surface area contributed by atoms with Gasteiger partial charge in [0.15, 0.2) is 0 Å². The summed E-state index contributed by atoms with van der Waals surface area (Å²) in [4.78, 5) is 0. The molecule has 0 fully saturated rings. The minimum Gasteiger partial charge on any atom is -0.384 e. The third-order valence-electron chi connectivity index (χ3n) is 0.409. The van der Waals surface area contributed by atoms with Gasteiger partial charge in [0.2, 0.25) is 0 Å². The van der Waals surface area contributed by atoms with E-state index in [1.54, 1.807) is 6.92 Å². The normalized spacial score (nSPS) is 11.9. The average molecular weight is 99.1 g/mol. The van der Waals surface area contributed by atoms with Crippen molar-refractivity contribution >= 4 is 0 Å². The summed E-state index contributed by atoms with van der Waals surface area (Å²) in [5, 5.41) is 8.09. The summed E-state index contributed by atoms with van der Waals surface area (Å²) in [5.41, 5.74) is 5.19. The molecule has 0 aromatic rings. The zero-order valence-electron chi connectivity index (χ0n) is 4.31. The summed E-state index contributed by atoms with van der Waals surface area (Å²) in [7, 11) is 0. The first-order valence-electron chi connectivity index (χ1n) is 2.12. The zero-order chi connectivity index (χ0) is 5.70. The van der Waals surface area contributed by atoms with Crippen LogP contribution in [0.2, 0.25) is 0 Å². The van der Waals surface area contributed by atoms with Gasteiger partial charge in [-0.1, -0.05) is 11.8 Å². The number of aliphatic hydroxyl groups excluding tert-OH is 1. The monoisotopic (exact) mass is 99.1 g/mol. The van der Waals surface area contributed by atoms with Crippen LogP contribution in [0.25, 0.3) is 0 Å². The van der Waals surface area contributed by atoms with E-state index in [1.165, 1.54) is 0 Å². The van der Waals surface area contributed by atoms with E-state index in [2.05, 4.69) is 11.8 Å². The lowest BCUT2D eigenvalue weighted by molar-refractivity contribution is 0.350. The lowest BCUT2D eigenvalue weighted by Gasteiger charge is -1.85. The fraction of sp³-hybridized carbons (Fsp3) is 0.600. The maximum atomic E-state index is 8.09. The van der Waals surface area contributed by atoms with Crippen molar-refractivity contribution in [3.05, 3.63) is 0 Å². The predicted octanol–water partition coefficient (Wildman–Crippen LogP) is -0.671. The number of rotatable bonds is 0. The van der Waals surface area contributed by atoms with E-state index in [0.29, 0.717) is 0 Å². The quantitative estimate of drug-likeness (QED) is 0.396. The Morgan fingerprint density at radius 3 is 2.57 bits per heavy atom. The molecule has 1 atom stereocenters. The standard InChI is InChI=1S/C5H9NO/c1-5(6)3-2-4-7/h5,7H,4,6H2,1H3. The van der Waals surface area contributed by atoms with E-state index in [1.807, 2.05) is 0 Å². The Kier molecular flexibility index (Phi) is 3.39. The minimum atomic E-state index is -0.118. The molecule has 0 saturated carbocycles. The Bertz CT molecular complexity index is 88.0. The second kappa shape index (κ2) is 3.66. The number of nitrogens with two attached hydrogens (primary N) is 1. The van der Waals surface area contributed by atoms with Gasteiger partial charge in [0.25, 0.3) is 0 Å². The van der Waals surface area contributed by atoms with Gasteiger partial charge in [-0.15, -0.1) is 0 Å². The molecule has 0 rings (SSSR count). The first-order chi connectivity index (χ1) is 3.27. The van der Waals surface area contributed by atoms with Gasteiger partial charge >= 0.3 is 0 Å². The van der Waals surface area contributed by atoms with Gasteiger partial charge in [0.1, 0.15) is 6.61 Å². The lowest BCUT2D eigenvalue weighted by atomic mass is 10.4. The summed E-state index contributed by atoms with van der Waals surface area (Å²) in [5.74, 6) is 5.00. The summed E-state index contributed by atoms with van der Waals surface area (Å²) in [6, 6.07) is -0.118. The minimum absolute atomic E-state index is 0.0957. The van der Waals surface area contributed by atoms with Crippen molar-refractivity contribution in [2.24, 2.45) is 5.73 Å². The largest absolute Gasteiger partial charge is 0.384 e. The van der Waals surface area contributed by atoms with E-state index >= 15 is 0 Å². The van der Waals surface area contributed by atoms with Crippen LogP contribution in [-0.2, 0) is 0 Å². The second-order valence-corrected chi connectivity index (χ2v) is 1.27. The van der Waals surface area contributed by atoms with Crippen LogP contribution in [0.3, 0.4) is 0 Å². The van der Waals surface area contributed by atoms with Gasteiger partial charge in [-0.05, 0) is 6.92 Å². The average Bonchev–Trinajstić information content (AvgIpc) is 1.61. The molecule has 0 saturated heterocycles. The maximum Gasteiger partial charge on any atom is 0.104 e. The summed E-state index contributed by atoms with van der Waals surface area (Å²) >= 11 is 0. The smallest absolute Gasteiger partial charge is 0.104 e. The second-order valence-electron chi connectivity index (χ2n) is 1.27. The van der Waals surface area contributed by atoms with Gasteiger partial charge in [-0.3, -0.25) is 0 Å². The van der Waals surface area contributed by atoms with Crippen LogP contribution in [0.1, 0.15) is 6.92 Å². The molecule has 0 aromatic carbocycles. The molecule has 2 heteroatoms. The van der Waals surface area contributed by atoms with Crippen molar-refractivity contribution in [1.29, 1.82) is 0 Å². The molecule has 3 N–H and O–H groups in total. The summed E-state index contributed by atoms with van der Waals surface area (Å²) < 4.78 is 0. The highest BCUT2D eigenvalue weighted by Gasteiger charge is 1.76. The molecule has 0 heterocycles. The van der Waals surface area contributed by atoms with Gasteiger partial charge < -0.3 is 10.8 Å². The topological polar surface area (TPSA) is 46.2 Å². The van der Waals surface area contributed by atoms with Crippen molar-refractivity contribution in [1.82, 2.24) is 0 Å². The first-order valence-corrected chi connectivity index (χ1v) is 2.12. The first kappa shape index (κ1) is 6.48. The van der Waals surface area contributed by atoms with Crippen molar-refractivity contribution in [3.63, 3.8) is 0 Å². The molecule has 2 nitrogen and oxygen atoms in total. The Hall–Kier alpha value is -0.520. The van der Waals surface area contributed by atoms with E-state index in [0.717, 1.165) is 0 Å². The molecule has 0 aliphatic carbocycles. The Morgan fingerprint density at radius 1 is 1.86 bits per heavy atom. The van der Waals surface area contributed by atoms with Crippen LogP contribution in [-0.4, -0.2) is 17.8 Å². The van der Waals surface area contributed by atoms with Crippen LogP contribution < -0.4 is 5.73 Å². The third-order valence-corrected chi connectivity index (χ3v) is 0.409. The van der Waals surface area contributed by atoms with Crippen molar-refractivity contribution in [2.75, 3.05) is 6.61 Å². The molecular weight excluding hydrogens is 90.1 g/mol. The summed E-state index contributed by atoms with van der Waals surface area (Å²) in [6.45, 7) is 1.67. The maximum absolute atomic E-state index is 8.09. The Morgan fingerprint density at radius 2 is 2.43 bits per heavy atom. The van der Waals surface area contributed by atoms with Crippen molar-refractivity contribution in [2.45, 2.75) is 13.0 Å². The summed E-state index contributed by atoms with van der Waals surface area (Å²) in [6.07, 6.45) is 0. The molecule has 7 heavy (non-hydrogen) atoms. The lowest BCUT2D eigenvalue weighted by Crippen LogP contribution is -2.11. The molecular formula is C5H9NO. The van der Waals surface area contributed by atoms with E-state index in [-0.39, 0.29) is 12.6 Å². The highest BCUT2D eigenvalue weighted by Crippen LogP contribution is 1.64. The van der Waals surface area contributed by atoms with Crippen molar-refractivity contribution < 1.29 is 5.11 Å². The molecule has 1 unspecified atom stereocenters. The van der Waals surface area contributed by atoms with E-state index in [9.17, 15) is 0 Å². The molecule has 0 radical (unpaired) electrons. The fourth-order valence-electron chi connectivity index (χ4n) is 0.207. The SMILES string of the molecule is CC(N)C#CCO. The van der Waals surface area contributed by atoms with E-state index < -0.39 is 0 Å². The predicted molar refractivity (Wildman–Crippen MR) is 28.5 cm³/mol. The number of hydrogen-bond acceptors (Lipinski definition) is 2. The van der Waals surface area contributed by atoms with Crippen molar-refractivity contribution in [3.8, 4) is 11.8 Å². The number of hydrogen-bond donors (Lipinski definition) is 2. The Labute approximate surface area is 43.3 Å². The van der Waals surface area contributed by atoms with Crippen LogP contribution in [0, 0.1) is 11.8 Å². The highest BCUT2D eigenvalue weighted by molar-refractivity contribution is 5.04. The molecule has 40 valence electrons. The van der Waals surface area contributed by atoms with Gasteiger partial charge in [-0.25, -0.2) is 0 Å². The van der Waals surface area contributed by atoms with Crippen LogP contribution in [0.4, 0.5) is 0 Å². The van der Waals surface area contributed by atoms with Crippen LogP contribution >= 0.6 is 0 Å². The van der Waals surface area contributed by atoms with Crippen LogP contribution in [0.15, 0.2) is 0 Å². The number of aliphatic hydroxyl groups is 1. The molecule has 0 bridgehead atoms. The van der Waals surface area contributed by atoms with Crippen LogP contribution in [0.5, 0.6) is 0 Å². The molecule has 0 aromatic heterocycles. The molecule has 0 aliphatic heterocycles. The fourth-order valence-corrected chi connectivity index (χ4v) is 0.207. The zero-order valence-corrected chi connectivity index (χ0v) is 4.31. The van der Waals surface area contributed by atoms with E-state index in [4.69, 9.17) is 10.8 Å². The molecule has 0 spiro atoms. The van der Waals surface area contributed by atoms with Gasteiger partial charge in [0.05, 0.1) is 6.04 Å². The van der Waals surface area contributed by atoms with Gasteiger partial charge in [0, 0.05) is 0 Å². The third kappa shape index (κ3) is 5.48. The highest BCUT2D eigenvalue weighted by atomic mass is 16.2. The molecule has 0 aliphatic rings. The Balaban J connectivity index is 3.24. The molecule has 0 amide bonds. The van der Waals surface area contributed by atoms with Gasteiger partial charge in [-0.2, -0.15) is 0 Å².